The predicted molar refractivity (Wildman–Crippen MR) is 156 cm³/mol. The van der Waals surface area contributed by atoms with Gasteiger partial charge in [0, 0.05) is 26.8 Å². The zero-order chi connectivity index (χ0) is 28.6. The average Bonchev–Trinajstić information content (AvgIpc) is 3.32. The standard InChI is InChI=1S/C31H25N3O5S/c1-21-17-28(40-27(21)18-26(32-2)31(39)33(19-29(35)36)20-30(37)38)22-13-15-25(16-14-22)34(23-9-5-3-6-10-23)24-11-7-4-8-12-24/h3-18H,19-20H2,1H3,(H,35,36)(H,37,38)/b26-18-. The van der Waals surface area contributed by atoms with Crippen molar-refractivity contribution in [3.05, 3.63) is 119 Å². The maximum Gasteiger partial charge on any atom is 0.323 e. The van der Waals surface area contributed by atoms with Crippen LogP contribution in [-0.2, 0) is 14.4 Å². The van der Waals surface area contributed by atoms with Crippen LogP contribution in [0.15, 0.2) is 96.7 Å². The fourth-order valence-electron chi connectivity index (χ4n) is 4.11. The molecule has 200 valence electrons. The van der Waals surface area contributed by atoms with Gasteiger partial charge >= 0.3 is 11.9 Å². The number of benzene rings is 3. The highest BCUT2D eigenvalue weighted by atomic mass is 32.1. The number of para-hydroxylation sites is 2. The summed E-state index contributed by atoms with van der Waals surface area (Å²) >= 11 is 1.38. The molecular weight excluding hydrogens is 526 g/mol. The van der Waals surface area contributed by atoms with Gasteiger partial charge < -0.3 is 20.0 Å². The Morgan fingerprint density at radius 1 is 0.825 bits per heavy atom. The number of hydrogen-bond donors (Lipinski definition) is 2. The lowest BCUT2D eigenvalue weighted by molar-refractivity contribution is -0.147. The van der Waals surface area contributed by atoms with E-state index in [0.29, 0.717) is 9.78 Å². The van der Waals surface area contributed by atoms with E-state index >= 15 is 0 Å². The molecule has 3 aromatic carbocycles. The Morgan fingerprint density at radius 3 is 1.80 bits per heavy atom. The van der Waals surface area contributed by atoms with Gasteiger partial charge in [0.25, 0.3) is 11.6 Å². The molecule has 8 nitrogen and oxygen atoms in total. The lowest BCUT2D eigenvalue weighted by Crippen LogP contribution is -2.39. The number of anilines is 3. The number of carboxylic acid groups (broad SMARTS) is 2. The molecule has 2 N–H and O–H groups in total. The first-order chi connectivity index (χ1) is 19.3. The van der Waals surface area contributed by atoms with Crippen LogP contribution in [0, 0.1) is 13.5 Å². The van der Waals surface area contributed by atoms with Crippen molar-refractivity contribution in [3.63, 3.8) is 0 Å². The van der Waals surface area contributed by atoms with Crippen molar-refractivity contribution in [2.45, 2.75) is 6.92 Å². The summed E-state index contributed by atoms with van der Waals surface area (Å²) in [7, 11) is 0. The minimum Gasteiger partial charge on any atom is -0.480 e. The first-order valence-corrected chi connectivity index (χ1v) is 13.0. The fraction of sp³-hybridized carbons (Fsp3) is 0.0968. The van der Waals surface area contributed by atoms with Crippen molar-refractivity contribution in [1.82, 2.24) is 4.90 Å². The Labute approximate surface area is 235 Å². The van der Waals surface area contributed by atoms with Crippen molar-refractivity contribution in [3.8, 4) is 10.4 Å². The van der Waals surface area contributed by atoms with Crippen LogP contribution in [0.5, 0.6) is 0 Å². The molecule has 0 fully saturated rings. The number of amides is 1. The predicted octanol–water partition coefficient (Wildman–Crippen LogP) is 6.45. The summed E-state index contributed by atoms with van der Waals surface area (Å²) in [6.45, 7) is 7.68. The molecule has 0 saturated carbocycles. The second kappa shape index (κ2) is 12.6. The fourth-order valence-corrected chi connectivity index (χ4v) is 5.23. The molecule has 1 aromatic heterocycles. The summed E-state index contributed by atoms with van der Waals surface area (Å²) in [6.07, 6.45) is 1.39. The van der Waals surface area contributed by atoms with E-state index in [4.69, 9.17) is 16.8 Å². The molecule has 4 rings (SSSR count). The molecule has 9 heteroatoms. The van der Waals surface area contributed by atoms with Crippen LogP contribution in [0.1, 0.15) is 10.4 Å². The average molecular weight is 552 g/mol. The minimum atomic E-state index is -1.37. The second-order valence-corrected chi connectivity index (χ2v) is 9.89. The zero-order valence-electron chi connectivity index (χ0n) is 21.5. The highest BCUT2D eigenvalue weighted by molar-refractivity contribution is 7.16. The van der Waals surface area contributed by atoms with Gasteiger partial charge in [-0.3, -0.25) is 14.4 Å². The normalized spacial score (nSPS) is 10.9. The van der Waals surface area contributed by atoms with Crippen LogP contribution in [0.3, 0.4) is 0 Å². The van der Waals surface area contributed by atoms with Gasteiger partial charge in [0.05, 0.1) is 6.57 Å². The Balaban J connectivity index is 1.63. The maximum absolute atomic E-state index is 12.8. The summed E-state index contributed by atoms with van der Waals surface area (Å²) in [5, 5.41) is 18.1. The van der Waals surface area contributed by atoms with Gasteiger partial charge in [-0.25, -0.2) is 4.85 Å². The molecule has 1 heterocycles. The van der Waals surface area contributed by atoms with E-state index in [0.717, 1.165) is 33.1 Å². The zero-order valence-corrected chi connectivity index (χ0v) is 22.3. The summed E-state index contributed by atoms with van der Waals surface area (Å²) in [5.74, 6) is -3.68. The van der Waals surface area contributed by atoms with Crippen LogP contribution in [0.2, 0.25) is 0 Å². The summed E-state index contributed by atoms with van der Waals surface area (Å²) in [5.41, 5.74) is 4.46. The number of aryl methyl sites for hydroxylation is 1. The number of aliphatic carboxylic acids is 2. The number of nitrogens with zero attached hydrogens (tertiary/aromatic N) is 3. The van der Waals surface area contributed by atoms with Crippen LogP contribution in [0.25, 0.3) is 21.4 Å². The highest BCUT2D eigenvalue weighted by Gasteiger charge is 2.24. The molecular formula is C31H25N3O5S. The number of thiophene rings is 1. The Kier molecular flexibility index (Phi) is 8.74. The molecule has 0 aliphatic rings. The molecule has 0 aliphatic carbocycles. The molecule has 40 heavy (non-hydrogen) atoms. The largest absolute Gasteiger partial charge is 0.480 e. The van der Waals surface area contributed by atoms with Gasteiger partial charge in [-0.2, -0.15) is 0 Å². The van der Waals surface area contributed by atoms with Gasteiger partial charge in [-0.15, -0.1) is 11.3 Å². The molecule has 0 saturated heterocycles. The first-order valence-electron chi connectivity index (χ1n) is 12.2. The molecule has 0 aliphatic heterocycles. The van der Waals surface area contributed by atoms with E-state index in [1.165, 1.54) is 17.4 Å². The highest BCUT2D eigenvalue weighted by Crippen LogP contribution is 2.37. The number of carbonyl (C=O) groups is 3. The maximum atomic E-state index is 12.8. The molecule has 0 bridgehead atoms. The van der Waals surface area contributed by atoms with Gasteiger partial charge in [0.1, 0.15) is 13.1 Å². The van der Waals surface area contributed by atoms with E-state index in [-0.39, 0.29) is 5.70 Å². The number of carboxylic acids is 2. The van der Waals surface area contributed by atoms with Gasteiger partial charge in [0.2, 0.25) is 0 Å². The minimum absolute atomic E-state index is 0.351. The lowest BCUT2D eigenvalue weighted by Gasteiger charge is -2.25. The Bertz CT molecular complexity index is 1530. The monoisotopic (exact) mass is 551 g/mol. The van der Waals surface area contributed by atoms with Gasteiger partial charge in [-0.1, -0.05) is 48.5 Å². The third-order valence-corrected chi connectivity index (χ3v) is 7.18. The van der Waals surface area contributed by atoms with Crippen molar-refractivity contribution in [2.75, 3.05) is 18.0 Å². The summed E-state index contributed by atoms with van der Waals surface area (Å²) in [6, 6.07) is 30.2. The van der Waals surface area contributed by atoms with Crippen LogP contribution in [0.4, 0.5) is 17.1 Å². The first kappa shape index (κ1) is 27.8. The van der Waals surface area contributed by atoms with Crippen LogP contribution < -0.4 is 4.90 Å². The van der Waals surface area contributed by atoms with Crippen molar-refractivity contribution >= 4 is 52.3 Å². The molecule has 1 amide bonds. The number of hydrogen-bond acceptors (Lipinski definition) is 5. The van der Waals surface area contributed by atoms with Crippen molar-refractivity contribution in [2.24, 2.45) is 0 Å². The third kappa shape index (κ3) is 6.62. The van der Waals surface area contributed by atoms with Gasteiger partial charge in [0.15, 0.2) is 0 Å². The van der Waals surface area contributed by atoms with E-state index < -0.39 is 30.9 Å². The van der Waals surface area contributed by atoms with Crippen LogP contribution >= 0.6 is 11.3 Å². The molecule has 0 unspecified atom stereocenters. The van der Waals surface area contributed by atoms with Gasteiger partial charge in [-0.05, 0) is 66.6 Å². The van der Waals surface area contributed by atoms with E-state index in [9.17, 15) is 14.4 Å². The summed E-state index contributed by atoms with van der Waals surface area (Å²) in [4.78, 5) is 42.7. The number of carbonyl (C=O) groups excluding carboxylic acids is 1. The third-order valence-electron chi connectivity index (χ3n) is 5.94. The smallest absolute Gasteiger partial charge is 0.323 e. The van der Waals surface area contributed by atoms with Crippen molar-refractivity contribution in [1.29, 1.82) is 0 Å². The molecule has 0 atom stereocenters. The van der Waals surface area contributed by atoms with Crippen LogP contribution in [-0.4, -0.2) is 46.0 Å². The molecule has 4 aromatic rings. The molecule has 0 spiro atoms. The Morgan fingerprint density at radius 2 is 1.32 bits per heavy atom. The van der Waals surface area contributed by atoms with E-state index in [1.54, 1.807) is 0 Å². The lowest BCUT2D eigenvalue weighted by atomic mass is 10.1. The number of rotatable bonds is 10. The van der Waals surface area contributed by atoms with E-state index in [1.807, 2.05) is 97.9 Å². The summed E-state index contributed by atoms with van der Waals surface area (Å²) < 4.78 is 0. The van der Waals surface area contributed by atoms with Crippen molar-refractivity contribution < 1.29 is 24.6 Å². The topological polar surface area (TPSA) is 103 Å². The quantitative estimate of drug-likeness (QED) is 0.173. The Hall–Kier alpha value is -5.20. The van der Waals surface area contributed by atoms with E-state index in [2.05, 4.69) is 9.74 Å². The SMILES string of the molecule is [C-]#[N+]/C(=C\c1sc(-c2ccc(N(c3ccccc3)c3ccccc3)cc2)cc1C)C(=O)N(CC(=O)O)CC(=O)O. The second-order valence-electron chi connectivity index (χ2n) is 8.80. The molecule has 0 radical (unpaired) electrons.